The van der Waals surface area contributed by atoms with Gasteiger partial charge in [-0.25, -0.2) is 4.98 Å². The maximum Gasteiger partial charge on any atom is 0.226 e. The monoisotopic (exact) mass is 331 g/mol. The molecule has 5 heteroatoms. The number of hydrogen-bond donors (Lipinski definition) is 1. The topological polar surface area (TPSA) is 45.2 Å². The first-order valence-electron chi connectivity index (χ1n) is 7.92. The summed E-state index contributed by atoms with van der Waals surface area (Å²) in [5, 5.41) is 6.09. The molecule has 2 rings (SSSR count). The number of rotatable bonds is 7. The quantitative estimate of drug-likeness (QED) is 0.848. The van der Waals surface area contributed by atoms with Gasteiger partial charge in [-0.3, -0.25) is 4.79 Å². The Kier molecular flexibility index (Phi) is 6.30. The molecule has 0 fully saturated rings. The van der Waals surface area contributed by atoms with E-state index in [1.165, 1.54) is 11.1 Å². The fourth-order valence-electron chi connectivity index (χ4n) is 2.42. The Labute approximate surface area is 142 Å². The average molecular weight is 331 g/mol. The van der Waals surface area contributed by atoms with Crippen molar-refractivity contribution in [2.24, 2.45) is 0 Å². The SMILES string of the molecule is CCc1nc(CC(=O)NC[C@H](c2ccc(C)cc2)N(C)C)cs1. The average Bonchev–Trinajstić information content (AvgIpc) is 2.96. The zero-order valence-electron chi connectivity index (χ0n) is 14.3. The van der Waals surface area contributed by atoms with Crippen LogP contribution in [0.15, 0.2) is 29.6 Å². The molecule has 1 aromatic heterocycles. The van der Waals surface area contributed by atoms with E-state index in [1.807, 2.05) is 19.5 Å². The van der Waals surface area contributed by atoms with Crippen LogP contribution in [0.3, 0.4) is 0 Å². The van der Waals surface area contributed by atoms with Crippen LogP contribution in [-0.2, 0) is 17.6 Å². The Bertz CT molecular complexity index is 634. The number of likely N-dealkylation sites (N-methyl/N-ethyl adjacent to an activating group) is 1. The Hall–Kier alpha value is -1.72. The van der Waals surface area contributed by atoms with Crippen LogP contribution in [0.25, 0.3) is 0 Å². The number of aryl methyl sites for hydroxylation is 2. The van der Waals surface area contributed by atoms with Gasteiger partial charge in [0.2, 0.25) is 5.91 Å². The van der Waals surface area contributed by atoms with Crippen LogP contribution >= 0.6 is 11.3 Å². The molecule has 0 aliphatic heterocycles. The van der Waals surface area contributed by atoms with Gasteiger partial charge in [-0.05, 0) is 33.0 Å². The highest BCUT2D eigenvalue weighted by atomic mass is 32.1. The number of benzene rings is 1. The van der Waals surface area contributed by atoms with Gasteiger partial charge in [-0.1, -0.05) is 36.8 Å². The molecule has 23 heavy (non-hydrogen) atoms. The minimum Gasteiger partial charge on any atom is -0.354 e. The molecule has 1 heterocycles. The molecular formula is C18H25N3OS. The number of carbonyl (C=O) groups is 1. The van der Waals surface area contributed by atoms with E-state index in [0.717, 1.165) is 17.1 Å². The van der Waals surface area contributed by atoms with E-state index in [-0.39, 0.29) is 11.9 Å². The lowest BCUT2D eigenvalue weighted by Gasteiger charge is -2.25. The minimum atomic E-state index is 0.0249. The highest BCUT2D eigenvalue weighted by molar-refractivity contribution is 7.09. The van der Waals surface area contributed by atoms with E-state index >= 15 is 0 Å². The number of hydrogen-bond acceptors (Lipinski definition) is 4. The molecule has 0 unspecified atom stereocenters. The van der Waals surface area contributed by atoms with E-state index in [4.69, 9.17) is 0 Å². The van der Waals surface area contributed by atoms with Crippen molar-refractivity contribution in [3.8, 4) is 0 Å². The van der Waals surface area contributed by atoms with Gasteiger partial charge in [-0.2, -0.15) is 0 Å². The molecule has 0 saturated heterocycles. The molecular weight excluding hydrogens is 306 g/mol. The smallest absolute Gasteiger partial charge is 0.226 e. The number of aromatic nitrogens is 1. The molecule has 1 N–H and O–H groups in total. The van der Waals surface area contributed by atoms with Crippen molar-refractivity contribution in [2.75, 3.05) is 20.6 Å². The summed E-state index contributed by atoms with van der Waals surface area (Å²) in [7, 11) is 4.06. The molecule has 1 amide bonds. The second kappa shape index (κ2) is 8.22. The van der Waals surface area contributed by atoms with Gasteiger partial charge in [0.15, 0.2) is 0 Å². The van der Waals surface area contributed by atoms with Gasteiger partial charge in [0.1, 0.15) is 0 Å². The molecule has 2 aromatic rings. The Morgan fingerprint density at radius 2 is 2.00 bits per heavy atom. The fraction of sp³-hybridized carbons (Fsp3) is 0.444. The van der Waals surface area contributed by atoms with Crippen LogP contribution < -0.4 is 5.32 Å². The molecule has 0 bridgehead atoms. The lowest BCUT2D eigenvalue weighted by atomic mass is 10.0. The van der Waals surface area contributed by atoms with E-state index in [9.17, 15) is 4.79 Å². The summed E-state index contributed by atoms with van der Waals surface area (Å²) in [5.74, 6) is 0.0249. The third-order valence-electron chi connectivity index (χ3n) is 3.82. The number of amides is 1. The van der Waals surface area contributed by atoms with E-state index in [0.29, 0.717) is 13.0 Å². The Morgan fingerprint density at radius 3 is 2.57 bits per heavy atom. The van der Waals surface area contributed by atoms with Gasteiger partial charge >= 0.3 is 0 Å². The molecule has 0 aliphatic carbocycles. The van der Waals surface area contributed by atoms with E-state index in [1.54, 1.807) is 11.3 Å². The lowest BCUT2D eigenvalue weighted by Crippen LogP contribution is -2.35. The van der Waals surface area contributed by atoms with Gasteiger partial charge in [0, 0.05) is 11.9 Å². The van der Waals surface area contributed by atoms with E-state index in [2.05, 4.69) is 53.3 Å². The highest BCUT2D eigenvalue weighted by Crippen LogP contribution is 2.18. The van der Waals surface area contributed by atoms with Crippen LogP contribution in [-0.4, -0.2) is 36.4 Å². The number of thiazole rings is 1. The predicted molar refractivity (Wildman–Crippen MR) is 95.8 cm³/mol. The lowest BCUT2D eigenvalue weighted by molar-refractivity contribution is -0.120. The van der Waals surface area contributed by atoms with Crippen molar-refractivity contribution in [1.82, 2.24) is 15.2 Å². The molecule has 4 nitrogen and oxygen atoms in total. The van der Waals surface area contributed by atoms with Crippen molar-refractivity contribution < 1.29 is 4.79 Å². The van der Waals surface area contributed by atoms with Gasteiger partial charge in [0.05, 0.1) is 23.2 Å². The molecule has 0 aliphatic rings. The summed E-state index contributed by atoms with van der Waals surface area (Å²) in [4.78, 5) is 18.7. The standard InChI is InChI=1S/C18H25N3OS/c1-5-18-20-15(12-23-18)10-17(22)19-11-16(21(3)4)14-8-6-13(2)7-9-14/h6-9,12,16H,5,10-11H2,1-4H3,(H,19,22)/t16-/m1/s1. The summed E-state index contributed by atoms with van der Waals surface area (Å²) >= 11 is 1.62. The van der Waals surface area contributed by atoms with Crippen molar-refractivity contribution in [2.45, 2.75) is 32.7 Å². The zero-order valence-corrected chi connectivity index (χ0v) is 15.1. The number of nitrogens with one attached hydrogen (secondary N) is 1. The predicted octanol–water partition coefficient (Wildman–Crippen LogP) is 2.98. The summed E-state index contributed by atoms with van der Waals surface area (Å²) in [6.45, 7) is 4.75. The fourth-order valence-corrected chi connectivity index (χ4v) is 3.16. The van der Waals surface area contributed by atoms with Crippen LogP contribution in [0, 0.1) is 6.92 Å². The number of carbonyl (C=O) groups excluding carboxylic acids is 1. The highest BCUT2D eigenvalue weighted by Gasteiger charge is 2.15. The normalized spacial score (nSPS) is 12.4. The largest absolute Gasteiger partial charge is 0.354 e. The maximum atomic E-state index is 12.2. The molecule has 0 radical (unpaired) electrons. The first-order valence-corrected chi connectivity index (χ1v) is 8.80. The summed E-state index contributed by atoms with van der Waals surface area (Å²) in [6, 6.07) is 8.63. The number of nitrogens with zero attached hydrogens (tertiary/aromatic N) is 2. The van der Waals surface area contributed by atoms with Crippen molar-refractivity contribution in [3.63, 3.8) is 0 Å². The first kappa shape index (κ1) is 17.6. The van der Waals surface area contributed by atoms with E-state index < -0.39 is 0 Å². The molecule has 0 spiro atoms. The third-order valence-corrected chi connectivity index (χ3v) is 4.86. The Balaban J connectivity index is 1.93. The maximum absolute atomic E-state index is 12.2. The third kappa shape index (κ3) is 5.15. The van der Waals surface area contributed by atoms with Crippen LogP contribution in [0.4, 0.5) is 0 Å². The molecule has 124 valence electrons. The van der Waals surface area contributed by atoms with Crippen molar-refractivity contribution in [1.29, 1.82) is 0 Å². The van der Waals surface area contributed by atoms with Crippen LogP contribution in [0.5, 0.6) is 0 Å². The Morgan fingerprint density at radius 1 is 1.30 bits per heavy atom. The second-order valence-electron chi connectivity index (χ2n) is 5.96. The van der Waals surface area contributed by atoms with Crippen LogP contribution in [0.1, 0.15) is 34.8 Å². The van der Waals surface area contributed by atoms with Gasteiger partial charge in [-0.15, -0.1) is 11.3 Å². The molecule has 1 atom stereocenters. The van der Waals surface area contributed by atoms with Gasteiger partial charge < -0.3 is 10.2 Å². The second-order valence-corrected chi connectivity index (χ2v) is 6.90. The van der Waals surface area contributed by atoms with Crippen molar-refractivity contribution in [3.05, 3.63) is 51.5 Å². The minimum absolute atomic E-state index is 0.0249. The van der Waals surface area contributed by atoms with Gasteiger partial charge in [0.25, 0.3) is 0 Å². The zero-order chi connectivity index (χ0) is 16.8. The van der Waals surface area contributed by atoms with Crippen LogP contribution in [0.2, 0.25) is 0 Å². The molecule has 0 saturated carbocycles. The summed E-state index contributed by atoms with van der Waals surface area (Å²) in [6.07, 6.45) is 1.27. The summed E-state index contributed by atoms with van der Waals surface area (Å²) in [5.41, 5.74) is 3.31. The van der Waals surface area contributed by atoms with Crippen molar-refractivity contribution >= 4 is 17.2 Å². The molecule has 1 aromatic carbocycles. The first-order chi connectivity index (χ1) is 11.0. The summed E-state index contributed by atoms with van der Waals surface area (Å²) < 4.78 is 0.